The maximum absolute atomic E-state index is 12.8. The van der Waals surface area contributed by atoms with Gasteiger partial charge in [-0.3, -0.25) is 24.0 Å². The quantitative estimate of drug-likeness (QED) is 0.109. The van der Waals surface area contributed by atoms with Gasteiger partial charge in [0.15, 0.2) is 0 Å². The Morgan fingerprint density at radius 1 is 0.821 bits per heavy atom. The van der Waals surface area contributed by atoms with Crippen LogP contribution >= 0.6 is 0 Å². The van der Waals surface area contributed by atoms with E-state index >= 15 is 0 Å². The summed E-state index contributed by atoms with van der Waals surface area (Å²) in [5.41, 5.74) is 6.05. The van der Waals surface area contributed by atoms with Gasteiger partial charge in [-0.05, 0) is 57.4 Å². The molecule has 5 amide bonds. The molecule has 0 radical (unpaired) electrons. The Balaban J connectivity index is 2.59. The third kappa shape index (κ3) is 12.7. The van der Waals surface area contributed by atoms with Crippen LogP contribution in [-0.2, 0) is 35.2 Å². The molecule has 216 valence electrons. The second-order valence-corrected chi connectivity index (χ2v) is 9.04. The summed E-state index contributed by atoms with van der Waals surface area (Å²) in [6, 6.07) is 1.82. The van der Waals surface area contributed by atoms with Crippen LogP contribution in [0.25, 0.3) is 0 Å². The molecular weight excluding hydrogens is 512 g/mol. The Morgan fingerprint density at radius 3 is 1.97 bits per heavy atom. The molecular formula is C25H38N6O8. The fraction of sp³-hybridized carbons (Fsp3) is 0.520. The molecule has 1 aromatic carbocycles. The normalized spacial score (nSPS) is 13.6. The lowest BCUT2D eigenvalue weighted by Crippen LogP contribution is -2.56. The van der Waals surface area contributed by atoms with E-state index in [-0.39, 0.29) is 18.6 Å². The summed E-state index contributed by atoms with van der Waals surface area (Å²) in [6.45, 7) is 3.92. The summed E-state index contributed by atoms with van der Waals surface area (Å²) < 4.78 is 0. The van der Waals surface area contributed by atoms with E-state index in [0.717, 1.165) is 0 Å². The number of phenolic OH excluding ortho intramolecular Hbond substituents is 1. The predicted octanol–water partition coefficient (Wildman–Crippen LogP) is -1.74. The third-order valence-corrected chi connectivity index (χ3v) is 5.58. The SMILES string of the molecule is CC(=O)N[C@@H](Cc1ccc(O)cc1)C(=O)N[C@@H](C)C(=O)N[C@@H](C)C(=O)NCC(=O)N[C@@H](CCCCN)C(=O)O. The van der Waals surface area contributed by atoms with E-state index in [9.17, 15) is 39.0 Å². The minimum Gasteiger partial charge on any atom is -0.508 e. The molecule has 1 aromatic rings. The van der Waals surface area contributed by atoms with Gasteiger partial charge in [0.05, 0.1) is 6.54 Å². The fourth-order valence-electron chi connectivity index (χ4n) is 3.42. The van der Waals surface area contributed by atoms with Gasteiger partial charge in [-0.15, -0.1) is 0 Å². The van der Waals surface area contributed by atoms with Crippen molar-refractivity contribution in [2.24, 2.45) is 5.73 Å². The zero-order valence-electron chi connectivity index (χ0n) is 22.3. The first kappa shape index (κ1) is 32.8. The van der Waals surface area contributed by atoms with Crippen LogP contribution in [0.3, 0.4) is 0 Å². The molecule has 0 aliphatic carbocycles. The van der Waals surface area contributed by atoms with Crippen LogP contribution in [0.4, 0.5) is 0 Å². The number of amides is 5. The topological polar surface area (TPSA) is 229 Å². The number of carbonyl (C=O) groups excluding carboxylic acids is 5. The number of nitrogens with one attached hydrogen (secondary N) is 5. The highest BCUT2D eigenvalue weighted by molar-refractivity contribution is 5.94. The van der Waals surface area contributed by atoms with Crippen molar-refractivity contribution in [3.63, 3.8) is 0 Å². The van der Waals surface area contributed by atoms with E-state index in [1.165, 1.54) is 32.9 Å². The molecule has 1 rings (SSSR count). The van der Waals surface area contributed by atoms with Crippen molar-refractivity contribution < 1.29 is 39.0 Å². The molecule has 0 aliphatic rings. The van der Waals surface area contributed by atoms with Crippen LogP contribution in [0, 0.1) is 0 Å². The summed E-state index contributed by atoms with van der Waals surface area (Å²) in [6.07, 6.45) is 1.43. The molecule has 0 fully saturated rings. The number of unbranched alkanes of at least 4 members (excludes halogenated alkanes) is 1. The van der Waals surface area contributed by atoms with E-state index in [1.807, 2.05) is 0 Å². The molecule has 0 unspecified atom stereocenters. The highest BCUT2D eigenvalue weighted by Crippen LogP contribution is 2.11. The van der Waals surface area contributed by atoms with Crippen LogP contribution in [0.15, 0.2) is 24.3 Å². The smallest absolute Gasteiger partial charge is 0.326 e. The van der Waals surface area contributed by atoms with Gasteiger partial charge in [0, 0.05) is 13.3 Å². The summed E-state index contributed by atoms with van der Waals surface area (Å²) >= 11 is 0. The first-order valence-electron chi connectivity index (χ1n) is 12.5. The number of aromatic hydroxyl groups is 1. The van der Waals surface area contributed by atoms with Gasteiger partial charge >= 0.3 is 5.97 Å². The first-order chi connectivity index (χ1) is 18.3. The largest absolute Gasteiger partial charge is 0.508 e. The molecule has 9 N–H and O–H groups in total. The Morgan fingerprint density at radius 2 is 1.41 bits per heavy atom. The Kier molecular flexibility index (Phi) is 14.0. The number of carbonyl (C=O) groups is 6. The van der Waals surface area contributed by atoms with Gasteiger partial charge in [0.1, 0.15) is 29.9 Å². The van der Waals surface area contributed by atoms with Gasteiger partial charge in [-0.25, -0.2) is 4.79 Å². The second kappa shape index (κ2) is 16.6. The molecule has 0 aromatic heterocycles. The molecule has 0 aliphatic heterocycles. The zero-order valence-corrected chi connectivity index (χ0v) is 22.3. The molecule has 14 nitrogen and oxygen atoms in total. The van der Waals surface area contributed by atoms with Gasteiger partial charge in [-0.2, -0.15) is 0 Å². The van der Waals surface area contributed by atoms with E-state index in [1.54, 1.807) is 12.1 Å². The number of phenols is 1. The number of rotatable bonds is 16. The van der Waals surface area contributed by atoms with Crippen molar-refractivity contribution in [1.29, 1.82) is 0 Å². The summed E-state index contributed by atoms with van der Waals surface area (Å²) in [7, 11) is 0. The summed E-state index contributed by atoms with van der Waals surface area (Å²) in [5.74, 6) is -4.33. The Labute approximate surface area is 226 Å². The number of benzene rings is 1. The van der Waals surface area contributed by atoms with E-state index in [0.29, 0.717) is 24.9 Å². The second-order valence-electron chi connectivity index (χ2n) is 9.04. The molecule has 0 heterocycles. The van der Waals surface area contributed by atoms with E-state index in [2.05, 4.69) is 26.6 Å². The van der Waals surface area contributed by atoms with Gasteiger partial charge in [0.2, 0.25) is 29.5 Å². The summed E-state index contributed by atoms with van der Waals surface area (Å²) in [4.78, 5) is 72.6. The number of carboxylic acid groups (broad SMARTS) is 1. The van der Waals surface area contributed by atoms with Crippen LogP contribution in [0.5, 0.6) is 5.75 Å². The number of aliphatic carboxylic acids is 1. The number of carboxylic acids is 1. The predicted molar refractivity (Wildman–Crippen MR) is 140 cm³/mol. The van der Waals surface area contributed by atoms with Crippen molar-refractivity contribution in [1.82, 2.24) is 26.6 Å². The fourth-order valence-corrected chi connectivity index (χ4v) is 3.42. The lowest BCUT2D eigenvalue weighted by Gasteiger charge is -2.22. The highest BCUT2D eigenvalue weighted by Gasteiger charge is 2.26. The van der Waals surface area contributed by atoms with Crippen LogP contribution in [0.2, 0.25) is 0 Å². The lowest BCUT2D eigenvalue weighted by molar-refractivity contribution is -0.142. The maximum Gasteiger partial charge on any atom is 0.326 e. The van der Waals surface area contributed by atoms with Crippen LogP contribution < -0.4 is 32.3 Å². The van der Waals surface area contributed by atoms with Gasteiger partial charge in [-0.1, -0.05) is 12.1 Å². The van der Waals surface area contributed by atoms with Crippen molar-refractivity contribution in [3.05, 3.63) is 29.8 Å². The third-order valence-electron chi connectivity index (χ3n) is 5.58. The Bertz CT molecular complexity index is 1020. The van der Waals surface area contributed by atoms with Crippen LogP contribution in [0.1, 0.15) is 45.6 Å². The highest BCUT2D eigenvalue weighted by atomic mass is 16.4. The Hall–Kier alpha value is -4.20. The molecule has 39 heavy (non-hydrogen) atoms. The van der Waals surface area contributed by atoms with Crippen molar-refractivity contribution in [2.75, 3.05) is 13.1 Å². The molecule has 14 heteroatoms. The lowest BCUT2D eigenvalue weighted by atomic mass is 10.0. The van der Waals surface area contributed by atoms with Crippen molar-refractivity contribution >= 4 is 35.5 Å². The number of hydrogen-bond donors (Lipinski definition) is 8. The molecule has 0 saturated carbocycles. The number of nitrogens with two attached hydrogens (primary N) is 1. The average molecular weight is 551 g/mol. The molecule has 4 atom stereocenters. The maximum atomic E-state index is 12.8. The van der Waals surface area contributed by atoms with Crippen molar-refractivity contribution in [2.45, 2.75) is 70.6 Å². The molecule has 0 spiro atoms. The van der Waals surface area contributed by atoms with Gasteiger partial charge in [0.25, 0.3) is 0 Å². The van der Waals surface area contributed by atoms with Crippen LogP contribution in [-0.4, -0.2) is 83.0 Å². The van der Waals surface area contributed by atoms with E-state index in [4.69, 9.17) is 5.73 Å². The minimum atomic E-state index is -1.20. The zero-order chi connectivity index (χ0) is 29.5. The van der Waals surface area contributed by atoms with Crippen molar-refractivity contribution in [3.8, 4) is 5.75 Å². The first-order valence-corrected chi connectivity index (χ1v) is 12.5. The number of hydrogen-bond acceptors (Lipinski definition) is 8. The minimum absolute atomic E-state index is 0.0474. The van der Waals surface area contributed by atoms with Gasteiger partial charge < -0.3 is 42.5 Å². The van der Waals surface area contributed by atoms with E-state index < -0.39 is 66.2 Å². The molecule has 0 bridgehead atoms. The standard InChI is InChI=1S/C25H38N6O8/c1-14(22(35)27-13-21(34)31-19(25(38)39)6-4-5-11-26)28-23(36)15(2)29-24(37)20(30-16(3)32)12-17-7-9-18(33)10-8-17/h7-10,14-15,19-20,33H,4-6,11-13,26H2,1-3H3,(H,27,35)(H,28,36)(H,29,37)(H,30,32)(H,31,34)(H,38,39)/t14-,15-,19-,20-/m0/s1. The monoisotopic (exact) mass is 550 g/mol. The average Bonchev–Trinajstić information content (AvgIpc) is 2.87. The molecule has 0 saturated heterocycles. The summed E-state index contributed by atoms with van der Waals surface area (Å²) in [5, 5.41) is 30.7.